The lowest BCUT2D eigenvalue weighted by Crippen LogP contribution is -2.38. The molecule has 1 unspecified atom stereocenters. The van der Waals surface area contributed by atoms with Crippen molar-refractivity contribution in [3.05, 3.63) is 30.1 Å². The molecule has 0 aromatic heterocycles. The number of carbonyl (C=O) groups is 1. The van der Waals surface area contributed by atoms with Crippen LogP contribution in [-0.2, 0) is 4.79 Å². The van der Waals surface area contributed by atoms with Gasteiger partial charge in [-0.15, -0.1) is 0 Å². The second-order valence-corrected chi connectivity index (χ2v) is 4.21. The predicted octanol–water partition coefficient (Wildman–Crippen LogP) is 1.47. The van der Waals surface area contributed by atoms with Gasteiger partial charge >= 0.3 is 0 Å². The molecular weight excluding hydrogens is 247 g/mol. The lowest BCUT2D eigenvalue weighted by atomic mass is 10.3. The van der Waals surface area contributed by atoms with E-state index < -0.39 is 5.82 Å². The maximum atomic E-state index is 12.9. The maximum Gasteiger partial charge on any atom is 0.246 e. The zero-order valence-corrected chi connectivity index (χ0v) is 11.1. The van der Waals surface area contributed by atoms with E-state index in [1.165, 1.54) is 18.2 Å². The van der Waals surface area contributed by atoms with Crippen molar-refractivity contribution in [2.45, 2.75) is 26.3 Å². The molecule has 19 heavy (non-hydrogen) atoms. The number of aliphatic imine (C=N–C) groups is 1. The highest BCUT2D eigenvalue weighted by Crippen LogP contribution is 2.08. The van der Waals surface area contributed by atoms with Crippen LogP contribution in [0, 0.1) is 5.82 Å². The molecule has 1 aromatic carbocycles. The van der Waals surface area contributed by atoms with E-state index in [1.54, 1.807) is 6.07 Å². The maximum absolute atomic E-state index is 12.9. The van der Waals surface area contributed by atoms with Crippen LogP contribution < -0.4 is 16.4 Å². The molecule has 6 heteroatoms. The lowest BCUT2D eigenvalue weighted by molar-refractivity contribution is -0.114. The number of halogens is 1. The van der Waals surface area contributed by atoms with Crippen molar-refractivity contribution < 1.29 is 9.18 Å². The molecule has 0 saturated carbocycles. The molecule has 0 bridgehead atoms. The fourth-order valence-corrected chi connectivity index (χ4v) is 1.32. The minimum absolute atomic E-state index is 0.105. The van der Waals surface area contributed by atoms with Crippen molar-refractivity contribution in [1.82, 2.24) is 5.32 Å². The van der Waals surface area contributed by atoms with Crippen molar-refractivity contribution in [3.63, 3.8) is 0 Å². The van der Waals surface area contributed by atoms with Crippen LogP contribution in [0.2, 0.25) is 0 Å². The fourth-order valence-electron chi connectivity index (χ4n) is 1.32. The molecule has 1 aromatic rings. The van der Waals surface area contributed by atoms with Crippen LogP contribution in [0.3, 0.4) is 0 Å². The Kier molecular flexibility index (Phi) is 5.78. The van der Waals surface area contributed by atoms with Gasteiger partial charge in [0.15, 0.2) is 5.96 Å². The van der Waals surface area contributed by atoms with Crippen molar-refractivity contribution in [3.8, 4) is 0 Å². The second-order valence-electron chi connectivity index (χ2n) is 4.21. The molecule has 1 rings (SSSR count). The molecular formula is C13H19FN4O. The van der Waals surface area contributed by atoms with Crippen LogP contribution in [0.1, 0.15) is 20.3 Å². The molecule has 1 atom stereocenters. The molecule has 5 nitrogen and oxygen atoms in total. The number of hydrogen-bond acceptors (Lipinski definition) is 2. The second kappa shape index (κ2) is 7.35. The van der Waals surface area contributed by atoms with E-state index >= 15 is 0 Å². The molecule has 0 heterocycles. The van der Waals surface area contributed by atoms with Gasteiger partial charge in [0.1, 0.15) is 12.4 Å². The molecule has 0 aliphatic rings. The summed E-state index contributed by atoms with van der Waals surface area (Å²) < 4.78 is 12.9. The summed E-state index contributed by atoms with van der Waals surface area (Å²) in [5, 5.41) is 5.48. The molecule has 0 aliphatic heterocycles. The Balaban J connectivity index is 2.45. The van der Waals surface area contributed by atoms with E-state index in [0.717, 1.165) is 6.42 Å². The van der Waals surface area contributed by atoms with Gasteiger partial charge in [-0.2, -0.15) is 0 Å². The van der Waals surface area contributed by atoms with Crippen LogP contribution in [0.5, 0.6) is 0 Å². The Hall–Kier alpha value is -2.11. The molecule has 0 fully saturated rings. The number of carbonyl (C=O) groups excluding carboxylic acids is 1. The fraction of sp³-hybridized carbons (Fsp3) is 0.385. The zero-order valence-electron chi connectivity index (χ0n) is 11.1. The normalized spacial score (nSPS) is 12.9. The van der Waals surface area contributed by atoms with E-state index in [1.807, 2.05) is 13.8 Å². The van der Waals surface area contributed by atoms with Gasteiger partial charge in [-0.3, -0.25) is 4.79 Å². The topological polar surface area (TPSA) is 79.5 Å². The first-order valence-corrected chi connectivity index (χ1v) is 6.13. The largest absolute Gasteiger partial charge is 0.370 e. The summed E-state index contributed by atoms with van der Waals surface area (Å²) in [5.41, 5.74) is 6.01. The third kappa shape index (κ3) is 5.85. The number of nitrogens with two attached hydrogens (primary N) is 1. The number of anilines is 1. The number of nitrogens with zero attached hydrogens (tertiary/aromatic N) is 1. The summed E-state index contributed by atoms with van der Waals surface area (Å²) in [6.07, 6.45) is 0.908. The minimum Gasteiger partial charge on any atom is -0.370 e. The monoisotopic (exact) mass is 266 g/mol. The zero-order chi connectivity index (χ0) is 14.3. The van der Waals surface area contributed by atoms with Crippen LogP contribution >= 0.6 is 0 Å². The highest BCUT2D eigenvalue weighted by Gasteiger charge is 2.03. The first kappa shape index (κ1) is 14.9. The van der Waals surface area contributed by atoms with Gasteiger partial charge < -0.3 is 16.4 Å². The third-order valence-corrected chi connectivity index (χ3v) is 2.51. The smallest absolute Gasteiger partial charge is 0.246 e. The first-order valence-electron chi connectivity index (χ1n) is 6.13. The quantitative estimate of drug-likeness (QED) is 0.557. The van der Waals surface area contributed by atoms with Gasteiger partial charge in [0.25, 0.3) is 0 Å². The Morgan fingerprint density at radius 1 is 1.53 bits per heavy atom. The van der Waals surface area contributed by atoms with Crippen molar-refractivity contribution in [2.24, 2.45) is 10.7 Å². The Morgan fingerprint density at radius 2 is 2.26 bits per heavy atom. The van der Waals surface area contributed by atoms with E-state index in [0.29, 0.717) is 5.69 Å². The molecule has 0 radical (unpaired) electrons. The van der Waals surface area contributed by atoms with Crippen molar-refractivity contribution in [1.29, 1.82) is 0 Å². The molecule has 0 spiro atoms. The summed E-state index contributed by atoms with van der Waals surface area (Å²) in [6.45, 7) is 3.88. The Labute approximate surface area is 112 Å². The van der Waals surface area contributed by atoms with Gasteiger partial charge in [0.05, 0.1) is 0 Å². The summed E-state index contributed by atoms with van der Waals surface area (Å²) in [4.78, 5) is 15.5. The predicted molar refractivity (Wildman–Crippen MR) is 74.4 cm³/mol. The summed E-state index contributed by atoms with van der Waals surface area (Å²) in [5.74, 6) is -0.525. The van der Waals surface area contributed by atoms with Gasteiger partial charge in [0, 0.05) is 11.7 Å². The number of rotatable bonds is 5. The highest BCUT2D eigenvalue weighted by atomic mass is 19.1. The minimum atomic E-state index is -0.403. The first-order chi connectivity index (χ1) is 9.01. The summed E-state index contributed by atoms with van der Waals surface area (Å²) in [7, 11) is 0. The van der Waals surface area contributed by atoms with E-state index in [9.17, 15) is 9.18 Å². The lowest BCUT2D eigenvalue weighted by Gasteiger charge is -2.11. The summed E-state index contributed by atoms with van der Waals surface area (Å²) in [6, 6.07) is 5.87. The number of amides is 1. The Bertz CT molecular complexity index is 462. The van der Waals surface area contributed by atoms with Gasteiger partial charge in [-0.05, 0) is 31.5 Å². The SMILES string of the molecule is CCC(C)NC(N)=NCC(=O)Nc1cccc(F)c1. The molecule has 4 N–H and O–H groups in total. The highest BCUT2D eigenvalue weighted by molar-refractivity contribution is 5.93. The Morgan fingerprint density at radius 3 is 2.89 bits per heavy atom. The van der Waals surface area contributed by atoms with Crippen LogP contribution in [-0.4, -0.2) is 24.5 Å². The van der Waals surface area contributed by atoms with Crippen molar-refractivity contribution in [2.75, 3.05) is 11.9 Å². The van der Waals surface area contributed by atoms with Crippen LogP contribution in [0.4, 0.5) is 10.1 Å². The van der Waals surface area contributed by atoms with E-state index in [2.05, 4.69) is 15.6 Å². The van der Waals surface area contributed by atoms with Crippen LogP contribution in [0.25, 0.3) is 0 Å². The van der Waals surface area contributed by atoms with E-state index in [4.69, 9.17) is 5.73 Å². The molecule has 0 saturated heterocycles. The molecule has 1 amide bonds. The average molecular weight is 266 g/mol. The van der Waals surface area contributed by atoms with Crippen LogP contribution in [0.15, 0.2) is 29.3 Å². The standard InChI is InChI=1S/C13H19FN4O/c1-3-9(2)17-13(15)16-8-12(19)18-11-6-4-5-10(14)7-11/h4-7,9H,3,8H2,1-2H3,(H,18,19)(H3,15,16,17). The number of nitrogens with one attached hydrogen (secondary N) is 2. The number of guanidine groups is 1. The number of hydrogen-bond donors (Lipinski definition) is 3. The van der Waals surface area contributed by atoms with Crippen molar-refractivity contribution >= 4 is 17.6 Å². The van der Waals surface area contributed by atoms with Gasteiger partial charge in [0.2, 0.25) is 5.91 Å². The number of benzene rings is 1. The summed E-state index contributed by atoms with van der Waals surface area (Å²) >= 11 is 0. The average Bonchev–Trinajstić information content (AvgIpc) is 2.36. The van der Waals surface area contributed by atoms with E-state index in [-0.39, 0.29) is 24.5 Å². The van der Waals surface area contributed by atoms with Gasteiger partial charge in [-0.25, -0.2) is 9.38 Å². The van der Waals surface area contributed by atoms with Gasteiger partial charge in [-0.1, -0.05) is 13.0 Å². The molecule has 104 valence electrons. The third-order valence-electron chi connectivity index (χ3n) is 2.51. The molecule has 0 aliphatic carbocycles.